The van der Waals surface area contributed by atoms with E-state index in [4.69, 9.17) is 23.2 Å². The van der Waals surface area contributed by atoms with Gasteiger partial charge in [0.05, 0.1) is 10.6 Å². The van der Waals surface area contributed by atoms with Gasteiger partial charge in [-0.1, -0.05) is 78.7 Å². The minimum atomic E-state index is -4.22. The van der Waals surface area contributed by atoms with Crippen LogP contribution in [-0.2, 0) is 32.6 Å². The summed E-state index contributed by atoms with van der Waals surface area (Å²) in [5, 5.41) is 3.81. The molecule has 2 amide bonds. The van der Waals surface area contributed by atoms with Crippen LogP contribution in [0.5, 0.6) is 0 Å². The monoisotopic (exact) mass is 665 g/mol. The van der Waals surface area contributed by atoms with E-state index in [1.54, 1.807) is 30.3 Å². The van der Waals surface area contributed by atoms with E-state index in [9.17, 15) is 18.0 Å². The second-order valence-corrected chi connectivity index (χ2v) is 13.6. The third-order valence-corrected chi connectivity index (χ3v) is 9.80. The van der Waals surface area contributed by atoms with Crippen molar-refractivity contribution in [2.24, 2.45) is 0 Å². The Balaban J connectivity index is 1.81. The number of sulfonamides is 1. The third kappa shape index (κ3) is 8.87. The first kappa shape index (κ1) is 34.0. The van der Waals surface area contributed by atoms with Crippen LogP contribution >= 0.6 is 23.2 Å². The zero-order chi connectivity index (χ0) is 32.6. The Labute approximate surface area is 275 Å². The molecule has 236 valence electrons. The zero-order valence-electron chi connectivity index (χ0n) is 25.5. The van der Waals surface area contributed by atoms with E-state index in [1.807, 2.05) is 63.2 Å². The fourth-order valence-electron chi connectivity index (χ4n) is 4.90. The number of halogens is 2. The van der Waals surface area contributed by atoms with Gasteiger partial charge in [-0.3, -0.25) is 13.9 Å². The van der Waals surface area contributed by atoms with Crippen LogP contribution < -0.4 is 9.62 Å². The van der Waals surface area contributed by atoms with E-state index in [-0.39, 0.29) is 23.8 Å². The highest BCUT2D eigenvalue weighted by atomic mass is 35.5. The number of nitrogens with zero attached hydrogens (tertiary/aromatic N) is 2. The molecule has 0 aliphatic rings. The first-order chi connectivity index (χ1) is 21.5. The molecule has 0 aliphatic carbocycles. The van der Waals surface area contributed by atoms with E-state index in [0.717, 1.165) is 21.0 Å². The van der Waals surface area contributed by atoms with Gasteiger partial charge in [-0.05, 0) is 91.1 Å². The molecule has 0 aliphatic heterocycles. The van der Waals surface area contributed by atoms with Crippen molar-refractivity contribution < 1.29 is 18.0 Å². The van der Waals surface area contributed by atoms with Crippen LogP contribution in [0, 0.1) is 13.8 Å². The number of anilines is 1. The van der Waals surface area contributed by atoms with E-state index in [0.29, 0.717) is 34.3 Å². The summed E-state index contributed by atoms with van der Waals surface area (Å²) in [6.45, 7) is 5.69. The first-order valence-electron chi connectivity index (χ1n) is 14.7. The van der Waals surface area contributed by atoms with Crippen molar-refractivity contribution in [3.63, 3.8) is 0 Å². The maximum absolute atomic E-state index is 14.5. The number of carbonyl (C=O) groups excluding carboxylic acids is 2. The molecule has 0 heterocycles. The third-order valence-electron chi connectivity index (χ3n) is 7.52. The summed E-state index contributed by atoms with van der Waals surface area (Å²) in [4.78, 5) is 29.7. The lowest BCUT2D eigenvalue weighted by molar-refractivity contribution is -0.140. The first-order valence-corrected chi connectivity index (χ1v) is 16.9. The molecule has 1 unspecified atom stereocenters. The van der Waals surface area contributed by atoms with E-state index < -0.39 is 28.5 Å². The van der Waals surface area contributed by atoms with Crippen molar-refractivity contribution in [1.29, 1.82) is 0 Å². The van der Waals surface area contributed by atoms with Crippen LogP contribution in [-0.4, -0.2) is 44.3 Å². The van der Waals surface area contributed by atoms with Gasteiger partial charge in [0, 0.05) is 29.6 Å². The minimum Gasteiger partial charge on any atom is -0.354 e. The zero-order valence-corrected chi connectivity index (χ0v) is 27.9. The topological polar surface area (TPSA) is 86.8 Å². The molecule has 1 N–H and O–H groups in total. The van der Waals surface area contributed by atoms with Gasteiger partial charge in [-0.25, -0.2) is 8.42 Å². The lowest BCUT2D eigenvalue weighted by Crippen LogP contribution is -2.53. The van der Waals surface area contributed by atoms with Crippen LogP contribution in [0.2, 0.25) is 10.0 Å². The maximum atomic E-state index is 14.5. The molecule has 0 spiro atoms. The SMILES string of the molecule is CCCNC(=O)C(Cc1ccccc1)N(Cc1cccc(Cl)c1)C(=O)CN(c1ccc(C)c(C)c1)S(=O)(=O)c1ccc(Cl)cc1. The van der Waals surface area contributed by atoms with E-state index in [2.05, 4.69) is 5.32 Å². The molecule has 0 saturated heterocycles. The summed E-state index contributed by atoms with van der Waals surface area (Å²) in [5.41, 5.74) is 3.74. The predicted octanol–water partition coefficient (Wildman–Crippen LogP) is 6.97. The van der Waals surface area contributed by atoms with Crippen LogP contribution in [0.4, 0.5) is 5.69 Å². The fraction of sp³-hybridized carbons (Fsp3) is 0.257. The van der Waals surface area contributed by atoms with Gasteiger partial charge in [0.2, 0.25) is 11.8 Å². The molecule has 0 bridgehead atoms. The number of nitrogens with one attached hydrogen (secondary N) is 1. The average Bonchev–Trinajstić information content (AvgIpc) is 3.02. The molecule has 0 aromatic heterocycles. The van der Waals surface area contributed by atoms with Crippen molar-refractivity contribution in [1.82, 2.24) is 10.2 Å². The number of hydrogen-bond acceptors (Lipinski definition) is 4. The number of benzene rings is 4. The second kappa shape index (κ2) is 15.4. The van der Waals surface area contributed by atoms with E-state index in [1.165, 1.54) is 29.2 Å². The van der Waals surface area contributed by atoms with Crippen molar-refractivity contribution in [2.45, 2.75) is 51.1 Å². The van der Waals surface area contributed by atoms with E-state index >= 15 is 0 Å². The molecule has 10 heteroatoms. The number of carbonyl (C=O) groups is 2. The molecule has 0 radical (unpaired) electrons. The number of amides is 2. The Morgan fingerprint density at radius 3 is 2.13 bits per heavy atom. The maximum Gasteiger partial charge on any atom is 0.264 e. The highest BCUT2D eigenvalue weighted by Crippen LogP contribution is 2.28. The van der Waals surface area contributed by atoms with Gasteiger partial charge < -0.3 is 10.2 Å². The Hall–Kier alpha value is -3.85. The Morgan fingerprint density at radius 2 is 1.49 bits per heavy atom. The summed E-state index contributed by atoms with van der Waals surface area (Å²) in [5.74, 6) is -0.868. The number of hydrogen-bond donors (Lipinski definition) is 1. The van der Waals surface area contributed by atoms with Gasteiger partial charge in [-0.15, -0.1) is 0 Å². The predicted molar refractivity (Wildman–Crippen MR) is 181 cm³/mol. The highest BCUT2D eigenvalue weighted by Gasteiger charge is 2.34. The Bertz CT molecular complexity index is 1730. The molecule has 45 heavy (non-hydrogen) atoms. The lowest BCUT2D eigenvalue weighted by atomic mass is 10.0. The van der Waals surface area contributed by atoms with Crippen molar-refractivity contribution in [3.8, 4) is 0 Å². The van der Waals surface area contributed by atoms with Crippen LogP contribution in [0.3, 0.4) is 0 Å². The summed E-state index contributed by atoms with van der Waals surface area (Å²) < 4.78 is 29.4. The fourth-order valence-corrected chi connectivity index (χ4v) is 6.64. The average molecular weight is 667 g/mol. The van der Waals surface area contributed by atoms with Gasteiger partial charge in [0.25, 0.3) is 10.0 Å². The molecule has 0 saturated carbocycles. The number of aryl methyl sites for hydroxylation is 2. The summed E-state index contributed by atoms with van der Waals surface area (Å²) >= 11 is 12.4. The molecular formula is C35H37Cl2N3O4S. The molecule has 1 atom stereocenters. The van der Waals surface area contributed by atoms with Crippen LogP contribution in [0.1, 0.15) is 35.6 Å². The standard InChI is InChI=1S/C35H37Cl2N3O4S/c1-4-19-38-35(42)33(22-27-9-6-5-7-10-27)39(23-28-11-8-12-30(37)21-28)34(41)24-40(31-16-13-25(2)26(3)20-31)45(43,44)32-17-14-29(36)15-18-32/h5-18,20-21,33H,4,19,22-24H2,1-3H3,(H,38,42). The molecule has 4 rings (SSSR count). The lowest BCUT2D eigenvalue weighted by Gasteiger charge is -2.34. The summed E-state index contributed by atoms with van der Waals surface area (Å²) in [6.07, 6.45) is 0.947. The Kier molecular flexibility index (Phi) is 11.7. The van der Waals surface area contributed by atoms with Crippen LogP contribution in [0.15, 0.2) is 102 Å². The Morgan fingerprint density at radius 1 is 0.800 bits per heavy atom. The quantitative estimate of drug-likeness (QED) is 0.167. The van der Waals surface area contributed by atoms with Crippen LogP contribution in [0.25, 0.3) is 0 Å². The smallest absolute Gasteiger partial charge is 0.264 e. The molecule has 4 aromatic carbocycles. The van der Waals surface area contributed by atoms with Crippen molar-refractivity contribution in [3.05, 3.63) is 129 Å². The summed E-state index contributed by atoms with van der Waals surface area (Å²) in [7, 11) is -4.22. The second-order valence-electron chi connectivity index (χ2n) is 10.9. The normalized spacial score (nSPS) is 11.9. The molecule has 7 nitrogen and oxygen atoms in total. The van der Waals surface area contributed by atoms with Crippen molar-refractivity contribution >= 4 is 50.7 Å². The van der Waals surface area contributed by atoms with Crippen molar-refractivity contribution in [2.75, 3.05) is 17.4 Å². The summed E-state index contributed by atoms with van der Waals surface area (Å²) in [6, 6.07) is 26.6. The van der Waals surface area contributed by atoms with Gasteiger partial charge >= 0.3 is 0 Å². The van der Waals surface area contributed by atoms with Gasteiger partial charge in [0.15, 0.2) is 0 Å². The van der Waals surface area contributed by atoms with Gasteiger partial charge in [-0.2, -0.15) is 0 Å². The molecular weight excluding hydrogens is 629 g/mol. The minimum absolute atomic E-state index is 0.0131. The van der Waals surface area contributed by atoms with Gasteiger partial charge in [0.1, 0.15) is 12.6 Å². The largest absolute Gasteiger partial charge is 0.354 e. The molecule has 4 aromatic rings. The highest BCUT2D eigenvalue weighted by molar-refractivity contribution is 7.92. The molecule has 0 fully saturated rings. The number of rotatable bonds is 13.